The summed E-state index contributed by atoms with van der Waals surface area (Å²) < 4.78 is 5.59. The molecule has 35 heavy (non-hydrogen) atoms. The summed E-state index contributed by atoms with van der Waals surface area (Å²) in [4.78, 5) is 40.3. The van der Waals surface area contributed by atoms with Gasteiger partial charge in [-0.05, 0) is 49.9 Å². The summed E-state index contributed by atoms with van der Waals surface area (Å²) >= 11 is 0. The number of carbonyl (C=O) groups excluding carboxylic acids is 2. The standard InChI is InChI=1S/C28H28N2O5/c1-27(2,3)35-26(32)30-24-17-11-10-16-22(24)28(25(30)31,18-20-12-6-4-7-13-20)23(19-29(33)34)21-14-8-5-9-15-21/h4-17,23H,18-19H2,1-3H3/t23-,28-/m0/s1. The van der Waals surface area contributed by atoms with Crippen molar-refractivity contribution in [2.45, 2.75) is 44.1 Å². The summed E-state index contributed by atoms with van der Waals surface area (Å²) in [6.45, 7) is 4.72. The number of rotatable bonds is 6. The van der Waals surface area contributed by atoms with E-state index in [9.17, 15) is 19.7 Å². The number of carbonyl (C=O) groups is 2. The van der Waals surface area contributed by atoms with E-state index in [0.29, 0.717) is 16.8 Å². The van der Waals surface area contributed by atoms with Crippen molar-refractivity contribution in [1.82, 2.24) is 0 Å². The fourth-order valence-electron chi connectivity index (χ4n) is 4.89. The monoisotopic (exact) mass is 472 g/mol. The average Bonchev–Trinajstić information content (AvgIpc) is 3.06. The van der Waals surface area contributed by atoms with Crippen molar-refractivity contribution in [3.8, 4) is 0 Å². The Morgan fingerprint density at radius 1 is 0.971 bits per heavy atom. The molecule has 180 valence electrons. The summed E-state index contributed by atoms with van der Waals surface area (Å²) in [5.41, 5.74) is 0.266. The predicted molar refractivity (Wildman–Crippen MR) is 133 cm³/mol. The highest BCUT2D eigenvalue weighted by atomic mass is 16.6. The average molecular weight is 473 g/mol. The fraction of sp³-hybridized carbons (Fsp3) is 0.286. The van der Waals surface area contributed by atoms with E-state index >= 15 is 0 Å². The minimum Gasteiger partial charge on any atom is -0.443 e. The van der Waals surface area contributed by atoms with Crippen LogP contribution in [0.15, 0.2) is 84.9 Å². The molecule has 0 N–H and O–H groups in total. The first-order valence-corrected chi connectivity index (χ1v) is 11.5. The number of nitrogens with zero attached hydrogens (tertiary/aromatic N) is 2. The number of para-hydroxylation sites is 1. The van der Waals surface area contributed by atoms with E-state index in [1.54, 1.807) is 69.3 Å². The second-order valence-electron chi connectivity index (χ2n) is 9.75. The van der Waals surface area contributed by atoms with Gasteiger partial charge < -0.3 is 4.74 Å². The van der Waals surface area contributed by atoms with Crippen LogP contribution in [0.25, 0.3) is 0 Å². The maximum absolute atomic E-state index is 14.4. The number of anilines is 1. The lowest BCUT2D eigenvalue weighted by atomic mass is 9.65. The molecule has 4 rings (SSSR count). The molecule has 0 unspecified atom stereocenters. The highest BCUT2D eigenvalue weighted by molar-refractivity contribution is 6.21. The summed E-state index contributed by atoms with van der Waals surface area (Å²) in [7, 11) is 0. The van der Waals surface area contributed by atoms with Crippen LogP contribution in [0.5, 0.6) is 0 Å². The zero-order valence-corrected chi connectivity index (χ0v) is 20.0. The highest BCUT2D eigenvalue weighted by Crippen LogP contribution is 2.52. The van der Waals surface area contributed by atoms with E-state index in [2.05, 4.69) is 0 Å². The van der Waals surface area contributed by atoms with Crippen LogP contribution in [-0.2, 0) is 21.4 Å². The maximum Gasteiger partial charge on any atom is 0.421 e. The Morgan fingerprint density at radius 2 is 1.54 bits per heavy atom. The highest BCUT2D eigenvalue weighted by Gasteiger charge is 2.59. The molecule has 3 aromatic carbocycles. The predicted octanol–water partition coefficient (Wildman–Crippen LogP) is 5.51. The molecule has 0 saturated carbocycles. The van der Waals surface area contributed by atoms with Crippen LogP contribution in [0, 0.1) is 10.1 Å². The molecule has 2 atom stereocenters. The van der Waals surface area contributed by atoms with Gasteiger partial charge in [0.25, 0.3) is 0 Å². The molecule has 1 aliphatic rings. The van der Waals surface area contributed by atoms with Gasteiger partial charge in [0.15, 0.2) is 0 Å². The molecule has 0 fully saturated rings. The van der Waals surface area contributed by atoms with Crippen LogP contribution in [0.1, 0.15) is 43.4 Å². The minimum atomic E-state index is -1.39. The third-order valence-electron chi connectivity index (χ3n) is 6.24. The molecule has 0 saturated heterocycles. The number of hydrogen-bond acceptors (Lipinski definition) is 5. The molecular weight excluding hydrogens is 444 g/mol. The lowest BCUT2D eigenvalue weighted by molar-refractivity contribution is -0.485. The molecule has 2 amide bonds. The van der Waals surface area contributed by atoms with Gasteiger partial charge in [0.2, 0.25) is 12.5 Å². The molecule has 0 aliphatic carbocycles. The molecule has 0 radical (unpaired) electrons. The lowest BCUT2D eigenvalue weighted by Gasteiger charge is -2.35. The van der Waals surface area contributed by atoms with Crippen LogP contribution < -0.4 is 4.90 Å². The van der Waals surface area contributed by atoms with Crippen molar-refractivity contribution in [2.75, 3.05) is 11.4 Å². The van der Waals surface area contributed by atoms with Gasteiger partial charge in [-0.15, -0.1) is 0 Å². The van der Waals surface area contributed by atoms with Crippen LogP contribution in [0.2, 0.25) is 0 Å². The molecule has 3 aromatic rings. The van der Waals surface area contributed by atoms with Gasteiger partial charge >= 0.3 is 6.09 Å². The third-order valence-corrected chi connectivity index (χ3v) is 6.24. The number of benzene rings is 3. The van der Waals surface area contributed by atoms with Crippen LogP contribution >= 0.6 is 0 Å². The van der Waals surface area contributed by atoms with E-state index in [-0.39, 0.29) is 6.42 Å². The van der Waals surface area contributed by atoms with Crippen LogP contribution in [-0.4, -0.2) is 29.1 Å². The number of nitro groups is 1. The Balaban J connectivity index is 1.97. The minimum absolute atomic E-state index is 0.191. The molecule has 1 aliphatic heterocycles. The van der Waals surface area contributed by atoms with Crippen LogP contribution in [0.4, 0.5) is 10.5 Å². The Hall–Kier alpha value is -4.00. The summed E-state index contributed by atoms with van der Waals surface area (Å²) in [5.74, 6) is -1.34. The second-order valence-corrected chi connectivity index (χ2v) is 9.75. The van der Waals surface area contributed by atoms with Gasteiger partial charge in [-0.1, -0.05) is 78.9 Å². The molecule has 0 bridgehead atoms. The lowest BCUT2D eigenvalue weighted by Crippen LogP contribution is -2.50. The first-order chi connectivity index (χ1) is 16.6. The first-order valence-electron chi connectivity index (χ1n) is 11.5. The van der Waals surface area contributed by atoms with Crippen molar-refractivity contribution in [1.29, 1.82) is 0 Å². The summed E-state index contributed by atoms with van der Waals surface area (Å²) in [5, 5.41) is 11.9. The van der Waals surface area contributed by atoms with Crippen LogP contribution in [0.3, 0.4) is 0 Å². The zero-order valence-electron chi connectivity index (χ0n) is 20.0. The van der Waals surface area contributed by atoms with Gasteiger partial charge in [-0.2, -0.15) is 0 Å². The quantitative estimate of drug-likeness (QED) is 0.349. The van der Waals surface area contributed by atoms with Crippen molar-refractivity contribution in [2.24, 2.45) is 0 Å². The Morgan fingerprint density at radius 3 is 2.14 bits per heavy atom. The number of hydrogen-bond donors (Lipinski definition) is 0. The van der Waals surface area contributed by atoms with Crippen molar-refractivity contribution >= 4 is 17.7 Å². The number of fused-ring (bicyclic) bond motifs is 1. The van der Waals surface area contributed by atoms with E-state index in [4.69, 9.17) is 4.74 Å². The van der Waals surface area contributed by atoms with Gasteiger partial charge in [0.1, 0.15) is 5.60 Å². The van der Waals surface area contributed by atoms with Gasteiger partial charge in [-0.25, -0.2) is 9.69 Å². The van der Waals surface area contributed by atoms with Crippen molar-refractivity contribution in [3.05, 3.63) is 112 Å². The Kier molecular flexibility index (Phi) is 6.43. The number of ether oxygens (including phenoxy) is 1. The number of amides is 2. The third kappa shape index (κ3) is 4.67. The van der Waals surface area contributed by atoms with E-state index in [1.807, 2.05) is 36.4 Å². The smallest absolute Gasteiger partial charge is 0.421 e. The fourth-order valence-corrected chi connectivity index (χ4v) is 4.89. The summed E-state index contributed by atoms with van der Waals surface area (Å²) in [6.07, 6.45) is -0.603. The second kappa shape index (κ2) is 9.33. The Labute approximate surface area is 204 Å². The molecular formula is C28H28N2O5. The van der Waals surface area contributed by atoms with Crippen molar-refractivity contribution in [3.63, 3.8) is 0 Å². The van der Waals surface area contributed by atoms with Gasteiger partial charge in [-0.3, -0.25) is 14.9 Å². The van der Waals surface area contributed by atoms with Gasteiger partial charge in [0.05, 0.1) is 17.0 Å². The topological polar surface area (TPSA) is 89.8 Å². The summed E-state index contributed by atoms with van der Waals surface area (Å²) in [6, 6.07) is 25.4. The van der Waals surface area contributed by atoms with Crippen molar-refractivity contribution < 1.29 is 19.2 Å². The first kappa shape index (κ1) is 24.1. The zero-order chi connectivity index (χ0) is 25.2. The molecule has 0 aromatic heterocycles. The maximum atomic E-state index is 14.4. The normalized spacial score (nSPS) is 18.1. The molecule has 0 spiro atoms. The van der Waals surface area contributed by atoms with E-state index in [1.165, 1.54) is 0 Å². The molecule has 7 nitrogen and oxygen atoms in total. The molecule has 1 heterocycles. The molecule has 7 heteroatoms. The van der Waals surface area contributed by atoms with E-state index < -0.39 is 40.4 Å². The Bertz CT molecular complexity index is 1240. The number of imide groups is 1. The van der Waals surface area contributed by atoms with E-state index in [0.717, 1.165) is 10.5 Å². The SMILES string of the molecule is CC(C)(C)OC(=O)N1C(=O)[C@](Cc2ccccc2)([C@@H](C[N+](=O)[O-])c2ccccc2)c2ccccc21. The largest absolute Gasteiger partial charge is 0.443 e. The van der Waals surface area contributed by atoms with Gasteiger partial charge in [0, 0.05) is 4.92 Å².